The van der Waals surface area contributed by atoms with Gasteiger partial charge in [0.2, 0.25) is 0 Å². The van der Waals surface area contributed by atoms with E-state index >= 15 is 0 Å². The normalized spacial score (nSPS) is 23.0. The van der Waals surface area contributed by atoms with Crippen LogP contribution in [0.15, 0.2) is 18.3 Å². The summed E-state index contributed by atoms with van der Waals surface area (Å²) < 4.78 is 0. The topological polar surface area (TPSA) is 68.3 Å². The highest BCUT2D eigenvalue weighted by molar-refractivity contribution is 5.85. The summed E-state index contributed by atoms with van der Waals surface area (Å²) in [6.45, 7) is 3.04. The molecule has 1 aliphatic heterocycles. The number of rotatable bonds is 4. The maximum atomic E-state index is 9.59. The van der Waals surface area contributed by atoms with E-state index < -0.39 is 0 Å². The van der Waals surface area contributed by atoms with Crippen LogP contribution in [0.3, 0.4) is 0 Å². The molecule has 0 bridgehead atoms. The quantitative estimate of drug-likeness (QED) is 0.884. The summed E-state index contributed by atoms with van der Waals surface area (Å²) in [6, 6.07) is 4.54. The van der Waals surface area contributed by atoms with Gasteiger partial charge in [0.15, 0.2) is 5.65 Å². The van der Waals surface area contributed by atoms with E-state index in [0.717, 1.165) is 49.2 Å². The number of hydrogen-bond acceptors (Lipinski definition) is 5. The maximum absolute atomic E-state index is 9.59. The molecular formula is C16H26ClN5O. The van der Waals surface area contributed by atoms with Crippen LogP contribution in [0.1, 0.15) is 18.5 Å². The largest absolute Gasteiger partial charge is 0.396 e. The third-order valence-electron chi connectivity index (χ3n) is 4.67. The van der Waals surface area contributed by atoms with Crippen LogP contribution in [0, 0.1) is 5.92 Å². The van der Waals surface area contributed by atoms with E-state index in [9.17, 15) is 5.11 Å². The Labute approximate surface area is 143 Å². The van der Waals surface area contributed by atoms with Gasteiger partial charge in [-0.3, -0.25) is 10.00 Å². The zero-order chi connectivity index (χ0) is 15.5. The van der Waals surface area contributed by atoms with E-state index in [1.54, 1.807) is 6.20 Å². The van der Waals surface area contributed by atoms with Gasteiger partial charge in [-0.15, -0.1) is 12.4 Å². The smallest absolute Gasteiger partial charge is 0.181 e. The van der Waals surface area contributed by atoms with Crippen LogP contribution in [0.4, 0.5) is 0 Å². The molecule has 6 nitrogen and oxygen atoms in total. The molecule has 2 aromatic heterocycles. The Hall–Kier alpha value is -1.21. The molecule has 3 rings (SSSR count). The van der Waals surface area contributed by atoms with Gasteiger partial charge >= 0.3 is 0 Å². The number of pyridine rings is 1. The zero-order valence-corrected chi connectivity index (χ0v) is 14.6. The average Bonchev–Trinajstić information content (AvgIpc) is 2.79. The van der Waals surface area contributed by atoms with Crippen LogP contribution < -0.4 is 0 Å². The van der Waals surface area contributed by atoms with Gasteiger partial charge < -0.3 is 10.0 Å². The summed E-state index contributed by atoms with van der Waals surface area (Å²) in [5, 5.41) is 18.1. The highest BCUT2D eigenvalue weighted by Crippen LogP contribution is 2.22. The molecule has 1 aliphatic rings. The number of nitrogens with zero attached hydrogens (tertiary/aromatic N) is 4. The van der Waals surface area contributed by atoms with Crippen LogP contribution in [0.25, 0.3) is 11.0 Å². The first kappa shape index (κ1) is 18.1. The lowest BCUT2D eigenvalue weighted by Gasteiger charge is -2.28. The molecule has 3 heterocycles. The lowest BCUT2D eigenvalue weighted by Crippen LogP contribution is -2.39. The van der Waals surface area contributed by atoms with E-state index in [-0.39, 0.29) is 19.0 Å². The summed E-state index contributed by atoms with van der Waals surface area (Å²) in [5.74, 6) is 0.359. The van der Waals surface area contributed by atoms with Gasteiger partial charge in [0.05, 0.1) is 5.69 Å². The van der Waals surface area contributed by atoms with Gasteiger partial charge in [-0.1, -0.05) is 0 Å². The molecule has 1 saturated heterocycles. The van der Waals surface area contributed by atoms with Crippen LogP contribution in [-0.4, -0.2) is 69.9 Å². The average molecular weight is 340 g/mol. The SMILES string of the molecule is CN(C)[C@@H]1CC[C@H](CO)CN(Cc2[nH]nc3ncccc23)C1.Cl. The third kappa shape index (κ3) is 4.20. The van der Waals surface area contributed by atoms with Gasteiger partial charge in [-0.25, -0.2) is 4.98 Å². The minimum absolute atomic E-state index is 0. The van der Waals surface area contributed by atoms with Crippen LogP contribution in [-0.2, 0) is 6.54 Å². The zero-order valence-electron chi connectivity index (χ0n) is 13.8. The van der Waals surface area contributed by atoms with Crippen molar-refractivity contribution >= 4 is 23.4 Å². The molecule has 128 valence electrons. The van der Waals surface area contributed by atoms with Crippen molar-refractivity contribution in [3.05, 3.63) is 24.0 Å². The van der Waals surface area contributed by atoms with Gasteiger partial charge in [-0.2, -0.15) is 5.10 Å². The number of fused-ring (bicyclic) bond motifs is 1. The molecule has 0 amide bonds. The number of nitrogens with one attached hydrogen (secondary N) is 1. The van der Waals surface area contributed by atoms with E-state index in [2.05, 4.69) is 45.1 Å². The number of aliphatic hydroxyl groups excluding tert-OH is 1. The summed E-state index contributed by atoms with van der Waals surface area (Å²) in [7, 11) is 4.27. The molecule has 2 N–H and O–H groups in total. The molecule has 7 heteroatoms. The van der Waals surface area contributed by atoms with Crippen molar-refractivity contribution < 1.29 is 5.11 Å². The van der Waals surface area contributed by atoms with Gasteiger partial charge in [0.25, 0.3) is 0 Å². The lowest BCUT2D eigenvalue weighted by molar-refractivity contribution is 0.157. The fourth-order valence-electron chi connectivity index (χ4n) is 3.29. The van der Waals surface area contributed by atoms with E-state index in [1.807, 2.05) is 6.07 Å². The van der Waals surface area contributed by atoms with E-state index in [1.165, 1.54) is 0 Å². The number of aliphatic hydroxyl groups is 1. The standard InChI is InChI=1S/C16H25N5O.ClH/c1-20(2)13-6-5-12(11-22)8-21(9-13)10-15-14-4-3-7-17-16(14)19-18-15;/h3-4,7,12-13,22H,5-6,8-11H2,1-2H3,(H,17,18,19);1H/t12-,13+;/m0./s1. The molecule has 0 saturated carbocycles. The van der Waals surface area contributed by atoms with Crippen molar-refractivity contribution in [3.63, 3.8) is 0 Å². The van der Waals surface area contributed by atoms with Crippen molar-refractivity contribution in [3.8, 4) is 0 Å². The summed E-state index contributed by atoms with van der Waals surface area (Å²) in [4.78, 5) is 9.00. The van der Waals surface area contributed by atoms with Gasteiger partial charge in [-0.05, 0) is 45.0 Å². The number of likely N-dealkylation sites (tertiary alicyclic amines) is 1. The molecule has 0 spiro atoms. The Morgan fingerprint density at radius 2 is 2.17 bits per heavy atom. The second-order valence-electron chi connectivity index (χ2n) is 6.51. The predicted molar refractivity (Wildman–Crippen MR) is 93.7 cm³/mol. The Morgan fingerprint density at radius 1 is 1.35 bits per heavy atom. The Bertz CT molecular complexity index is 617. The highest BCUT2D eigenvalue weighted by Gasteiger charge is 2.25. The Kier molecular flexibility index (Phi) is 6.35. The minimum atomic E-state index is 0. The first-order valence-corrected chi connectivity index (χ1v) is 7.95. The van der Waals surface area contributed by atoms with E-state index in [4.69, 9.17) is 0 Å². The second-order valence-corrected chi connectivity index (χ2v) is 6.51. The summed E-state index contributed by atoms with van der Waals surface area (Å²) in [5.41, 5.74) is 1.88. The molecule has 0 unspecified atom stereocenters. The number of aromatic amines is 1. The minimum Gasteiger partial charge on any atom is -0.396 e. The number of hydrogen-bond donors (Lipinski definition) is 2. The second kappa shape index (κ2) is 8.06. The van der Waals surface area contributed by atoms with Gasteiger partial charge in [0, 0.05) is 43.9 Å². The molecule has 0 radical (unpaired) electrons. The molecular weight excluding hydrogens is 314 g/mol. The number of H-pyrrole nitrogens is 1. The van der Waals surface area contributed by atoms with Crippen molar-refractivity contribution in [2.75, 3.05) is 33.8 Å². The monoisotopic (exact) mass is 339 g/mol. The number of likely N-dealkylation sites (N-methyl/N-ethyl adjacent to an activating group) is 1. The molecule has 2 aromatic rings. The summed E-state index contributed by atoms with van der Waals surface area (Å²) in [6.07, 6.45) is 3.99. The molecule has 0 aromatic carbocycles. The molecule has 1 fully saturated rings. The lowest BCUT2D eigenvalue weighted by atomic mass is 10.0. The molecule has 23 heavy (non-hydrogen) atoms. The van der Waals surface area contributed by atoms with Gasteiger partial charge in [0.1, 0.15) is 0 Å². The van der Waals surface area contributed by atoms with Crippen molar-refractivity contribution in [1.82, 2.24) is 25.0 Å². The first-order valence-electron chi connectivity index (χ1n) is 7.95. The first-order chi connectivity index (χ1) is 10.7. The number of halogens is 1. The third-order valence-corrected chi connectivity index (χ3v) is 4.67. The number of aromatic nitrogens is 3. The fourth-order valence-corrected chi connectivity index (χ4v) is 3.29. The predicted octanol–water partition coefficient (Wildman–Crippen LogP) is 1.51. The molecule has 0 aliphatic carbocycles. The van der Waals surface area contributed by atoms with Crippen LogP contribution in [0.2, 0.25) is 0 Å². The Morgan fingerprint density at radius 3 is 2.91 bits per heavy atom. The van der Waals surface area contributed by atoms with Crippen LogP contribution >= 0.6 is 12.4 Å². The van der Waals surface area contributed by atoms with Crippen molar-refractivity contribution in [2.45, 2.75) is 25.4 Å². The Balaban J connectivity index is 0.00000192. The molecule has 2 atom stereocenters. The van der Waals surface area contributed by atoms with Crippen molar-refractivity contribution in [1.29, 1.82) is 0 Å². The van der Waals surface area contributed by atoms with Crippen molar-refractivity contribution in [2.24, 2.45) is 5.92 Å². The highest BCUT2D eigenvalue weighted by atomic mass is 35.5. The maximum Gasteiger partial charge on any atom is 0.181 e. The van der Waals surface area contributed by atoms with Crippen LogP contribution in [0.5, 0.6) is 0 Å². The summed E-state index contributed by atoms with van der Waals surface area (Å²) >= 11 is 0. The fraction of sp³-hybridized carbons (Fsp3) is 0.625. The van der Waals surface area contributed by atoms with E-state index in [0.29, 0.717) is 12.0 Å².